The molecule has 0 bridgehead atoms. The standard InChI is InChI=1S/C20H25N3O3.HI/c1-21-20(22-11-10-15-4-7-17(24-2)8-5-15)23-16-6-9-18-19(14-16)26-13-3-12-25-18;/h4-9,14H,3,10-13H2,1-2H3,(H2,21,22,23);1H. The Balaban J connectivity index is 0.00000261. The molecule has 0 fully saturated rings. The Morgan fingerprint density at radius 3 is 2.52 bits per heavy atom. The van der Waals surface area contributed by atoms with Gasteiger partial charge in [0.05, 0.1) is 20.3 Å². The summed E-state index contributed by atoms with van der Waals surface area (Å²) in [6, 6.07) is 13.9. The number of guanidine groups is 1. The van der Waals surface area contributed by atoms with Gasteiger partial charge in [0.25, 0.3) is 0 Å². The van der Waals surface area contributed by atoms with E-state index in [9.17, 15) is 0 Å². The van der Waals surface area contributed by atoms with Crippen LogP contribution in [0.4, 0.5) is 5.69 Å². The molecule has 1 aliphatic rings. The first-order valence-electron chi connectivity index (χ1n) is 8.79. The van der Waals surface area contributed by atoms with Gasteiger partial charge in [0.2, 0.25) is 0 Å². The highest BCUT2D eigenvalue weighted by molar-refractivity contribution is 14.0. The molecule has 2 aromatic carbocycles. The summed E-state index contributed by atoms with van der Waals surface area (Å²) < 4.78 is 16.6. The predicted molar refractivity (Wildman–Crippen MR) is 119 cm³/mol. The van der Waals surface area contributed by atoms with E-state index >= 15 is 0 Å². The van der Waals surface area contributed by atoms with Gasteiger partial charge < -0.3 is 24.8 Å². The van der Waals surface area contributed by atoms with Crippen LogP contribution in [0.3, 0.4) is 0 Å². The van der Waals surface area contributed by atoms with Crippen LogP contribution in [0, 0.1) is 0 Å². The van der Waals surface area contributed by atoms with Crippen molar-refractivity contribution in [1.82, 2.24) is 5.32 Å². The number of ether oxygens (including phenoxy) is 3. The number of anilines is 1. The third kappa shape index (κ3) is 6.20. The second-order valence-corrected chi connectivity index (χ2v) is 5.93. The quantitative estimate of drug-likeness (QED) is 0.386. The molecule has 0 aliphatic carbocycles. The number of nitrogens with one attached hydrogen (secondary N) is 2. The fourth-order valence-corrected chi connectivity index (χ4v) is 2.67. The van der Waals surface area contributed by atoms with Crippen molar-refractivity contribution in [2.24, 2.45) is 4.99 Å². The predicted octanol–water partition coefficient (Wildman–Crippen LogP) is 3.70. The number of fused-ring (bicyclic) bond motifs is 1. The molecule has 0 atom stereocenters. The summed E-state index contributed by atoms with van der Waals surface area (Å²) in [5, 5.41) is 6.61. The monoisotopic (exact) mass is 483 g/mol. The number of halogens is 1. The van der Waals surface area contributed by atoms with Crippen molar-refractivity contribution in [1.29, 1.82) is 0 Å². The van der Waals surface area contributed by atoms with Crippen LogP contribution in [0.25, 0.3) is 0 Å². The van der Waals surface area contributed by atoms with Crippen LogP contribution >= 0.6 is 24.0 Å². The van der Waals surface area contributed by atoms with Crippen LogP contribution in [0.2, 0.25) is 0 Å². The lowest BCUT2D eigenvalue weighted by Gasteiger charge is -2.14. The lowest BCUT2D eigenvalue weighted by Crippen LogP contribution is -2.32. The van der Waals surface area contributed by atoms with E-state index < -0.39 is 0 Å². The summed E-state index contributed by atoms with van der Waals surface area (Å²) in [4.78, 5) is 4.27. The lowest BCUT2D eigenvalue weighted by atomic mass is 10.1. The third-order valence-corrected chi connectivity index (χ3v) is 4.10. The topological polar surface area (TPSA) is 64.1 Å². The highest BCUT2D eigenvalue weighted by Gasteiger charge is 2.11. The first-order chi connectivity index (χ1) is 12.8. The molecule has 1 aliphatic heterocycles. The van der Waals surface area contributed by atoms with Gasteiger partial charge in [-0.05, 0) is 36.2 Å². The van der Waals surface area contributed by atoms with Gasteiger partial charge in [0.1, 0.15) is 5.75 Å². The Morgan fingerprint density at radius 2 is 1.81 bits per heavy atom. The second-order valence-electron chi connectivity index (χ2n) is 5.93. The van der Waals surface area contributed by atoms with Crippen LogP contribution in [0.15, 0.2) is 47.5 Å². The summed E-state index contributed by atoms with van der Waals surface area (Å²) in [5.41, 5.74) is 2.15. The summed E-state index contributed by atoms with van der Waals surface area (Å²) in [6.07, 6.45) is 1.79. The van der Waals surface area contributed by atoms with Crippen LogP contribution < -0.4 is 24.8 Å². The number of hydrogen-bond acceptors (Lipinski definition) is 4. The smallest absolute Gasteiger partial charge is 0.195 e. The Kier molecular flexibility index (Phi) is 8.50. The van der Waals surface area contributed by atoms with E-state index in [-0.39, 0.29) is 24.0 Å². The highest BCUT2D eigenvalue weighted by Crippen LogP contribution is 2.32. The third-order valence-electron chi connectivity index (χ3n) is 4.10. The van der Waals surface area contributed by atoms with Crippen molar-refractivity contribution in [3.8, 4) is 17.2 Å². The van der Waals surface area contributed by atoms with Gasteiger partial charge in [-0.1, -0.05) is 12.1 Å². The average Bonchev–Trinajstić information content (AvgIpc) is 2.92. The number of nitrogens with zero attached hydrogens (tertiary/aromatic N) is 1. The maximum Gasteiger partial charge on any atom is 0.195 e. The molecule has 0 saturated carbocycles. The van der Waals surface area contributed by atoms with E-state index in [1.165, 1.54) is 5.56 Å². The second kappa shape index (κ2) is 10.9. The largest absolute Gasteiger partial charge is 0.497 e. The molecule has 6 nitrogen and oxygen atoms in total. The van der Waals surface area contributed by atoms with Crippen LogP contribution in [-0.2, 0) is 6.42 Å². The minimum Gasteiger partial charge on any atom is -0.497 e. The van der Waals surface area contributed by atoms with Gasteiger partial charge in [-0.25, -0.2) is 0 Å². The van der Waals surface area contributed by atoms with E-state index in [0.29, 0.717) is 19.2 Å². The van der Waals surface area contributed by atoms with E-state index in [0.717, 1.165) is 42.3 Å². The molecule has 27 heavy (non-hydrogen) atoms. The molecule has 0 aromatic heterocycles. The van der Waals surface area contributed by atoms with E-state index in [2.05, 4.69) is 27.8 Å². The Labute approximate surface area is 177 Å². The number of aliphatic imine (C=N–C) groups is 1. The first-order valence-corrected chi connectivity index (χ1v) is 8.79. The van der Waals surface area contributed by atoms with Crippen molar-refractivity contribution in [3.63, 3.8) is 0 Å². The SMILES string of the molecule is CN=C(NCCc1ccc(OC)cc1)Nc1ccc2c(c1)OCCCO2.I. The van der Waals surface area contributed by atoms with Gasteiger partial charge in [0, 0.05) is 31.8 Å². The minimum absolute atomic E-state index is 0. The van der Waals surface area contributed by atoms with Gasteiger partial charge in [-0.15, -0.1) is 24.0 Å². The molecule has 0 saturated heterocycles. The molecule has 2 N–H and O–H groups in total. The van der Waals surface area contributed by atoms with Crippen LogP contribution in [0.5, 0.6) is 17.2 Å². The average molecular weight is 483 g/mol. The summed E-state index contributed by atoms with van der Waals surface area (Å²) in [5.74, 6) is 3.14. The number of methoxy groups -OCH3 is 1. The van der Waals surface area contributed by atoms with Crippen LogP contribution in [0.1, 0.15) is 12.0 Å². The minimum atomic E-state index is 0. The molecule has 0 unspecified atom stereocenters. The summed E-state index contributed by atoms with van der Waals surface area (Å²) in [7, 11) is 3.43. The number of hydrogen-bond donors (Lipinski definition) is 2. The highest BCUT2D eigenvalue weighted by atomic mass is 127. The maximum absolute atomic E-state index is 5.73. The molecule has 0 amide bonds. The Hall–Kier alpha value is -2.16. The maximum atomic E-state index is 5.73. The van der Waals surface area contributed by atoms with Gasteiger partial charge in [-0.2, -0.15) is 0 Å². The first kappa shape index (κ1) is 21.1. The zero-order valence-corrected chi connectivity index (χ0v) is 18.0. The molecular weight excluding hydrogens is 457 g/mol. The van der Waals surface area contributed by atoms with Gasteiger partial charge in [-0.3, -0.25) is 4.99 Å². The van der Waals surface area contributed by atoms with Crippen molar-refractivity contribution in [2.45, 2.75) is 12.8 Å². The van der Waals surface area contributed by atoms with Crippen molar-refractivity contribution >= 4 is 35.6 Å². The van der Waals surface area contributed by atoms with E-state index in [1.54, 1.807) is 14.2 Å². The zero-order chi connectivity index (χ0) is 18.2. The van der Waals surface area contributed by atoms with E-state index in [1.807, 2.05) is 30.3 Å². The molecule has 3 rings (SSSR count). The lowest BCUT2D eigenvalue weighted by molar-refractivity contribution is 0.297. The Morgan fingerprint density at radius 1 is 1.07 bits per heavy atom. The summed E-state index contributed by atoms with van der Waals surface area (Å²) in [6.45, 7) is 2.14. The fourth-order valence-electron chi connectivity index (χ4n) is 2.67. The van der Waals surface area contributed by atoms with Crippen molar-refractivity contribution in [3.05, 3.63) is 48.0 Å². The number of benzene rings is 2. The Bertz CT molecular complexity index is 751. The molecule has 7 heteroatoms. The zero-order valence-electron chi connectivity index (χ0n) is 15.7. The van der Waals surface area contributed by atoms with Crippen molar-refractivity contribution in [2.75, 3.05) is 39.2 Å². The molecular formula is C20H26IN3O3. The van der Waals surface area contributed by atoms with Gasteiger partial charge in [0.15, 0.2) is 17.5 Å². The molecule has 0 spiro atoms. The number of rotatable bonds is 5. The van der Waals surface area contributed by atoms with Crippen molar-refractivity contribution < 1.29 is 14.2 Å². The fraction of sp³-hybridized carbons (Fsp3) is 0.350. The molecule has 1 heterocycles. The van der Waals surface area contributed by atoms with Crippen LogP contribution in [-0.4, -0.2) is 39.9 Å². The molecule has 146 valence electrons. The molecule has 0 radical (unpaired) electrons. The van der Waals surface area contributed by atoms with Gasteiger partial charge >= 0.3 is 0 Å². The normalized spacial score (nSPS) is 13.2. The summed E-state index contributed by atoms with van der Waals surface area (Å²) >= 11 is 0. The van der Waals surface area contributed by atoms with E-state index in [4.69, 9.17) is 14.2 Å². The molecule has 2 aromatic rings.